The molecule has 0 saturated carbocycles. The van der Waals surface area contributed by atoms with Crippen molar-refractivity contribution in [1.82, 2.24) is 20.3 Å². The molecule has 5 heteroatoms. The average Bonchev–Trinajstić information content (AvgIpc) is 3.01. The fraction of sp³-hybridized carbons (Fsp3) is 0.571. The predicted octanol–water partition coefficient (Wildman–Crippen LogP) is 1.54. The second-order valence-electron chi connectivity index (χ2n) is 6.00. The fourth-order valence-electron chi connectivity index (χ4n) is 3.68. The van der Waals surface area contributed by atoms with Crippen LogP contribution in [0.15, 0.2) is 18.6 Å². The van der Waals surface area contributed by atoms with Crippen molar-refractivity contribution in [3.8, 4) is 0 Å². The summed E-state index contributed by atoms with van der Waals surface area (Å²) in [5.74, 6) is 1.09. The minimum absolute atomic E-state index is 0.429. The van der Waals surface area contributed by atoms with Gasteiger partial charge in [-0.15, -0.1) is 0 Å². The van der Waals surface area contributed by atoms with Gasteiger partial charge in [0.25, 0.3) is 0 Å². The van der Waals surface area contributed by atoms with Gasteiger partial charge in [0, 0.05) is 25.3 Å². The van der Waals surface area contributed by atoms with Crippen LogP contribution < -0.4 is 10.2 Å². The van der Waals surface area contributed by atoms with Crippen LogP contribution in [0.4, 0.5) is 5.82 Å². The van der Waals surface area contributed by atoms with E-state index in [1.807, 2.05) is 6.20 Å². The van der Waals surface area contributed by atoms with E-state index in [9.17, 15) is 0 Å². The molecule has 0 spiro atoms. The third-order valence-corrected chi connectivity index (χ3v) is 4.92. The van der Waals surface area contributed by atoms with E-state index in [1.54, 1.807) is 6.33 Å². The van der Waals surface area contributed by atoms with Crippen molar-refractivity contribution in [2.75, 3.05) is 24.5 Å². The number of aromatic amines is 1. The van der Waals surface area contributed by atoms with Crippen molar-refractivity contribution in [3.05, 3.63) is 18.6 Å². The van der Waals surface area contributed by atoms with Crippen LogP contribution in [0.1, 0.15) is 19.8 Å². The summed E-state index contributed by atoms with van der Waals surface area (Å²) in [4.78, 5) is 14.5. The highest BCUT2D eigenvalue weighted by Crippen LogP contribution is 2.43. The summed E-state index contributed by atoms with van der Waals surface area (Å²) in [7, 11) is 0. The number of aromatic nitrogens is 3. The van der Waals surface area contributed by atoms with E-state index in [0.29, 0.717) is 11.5 Å². The Bertz CT molecular complexity index is 607. The van der Waals surface area contributed by atoms with Crippen LogP contribution in [0.3, 0.4) is 0 Å². The Morgan fingerprint density at radius 3 is 3.26 bits per heavy atom. The van der Waals surface area contributed by atoms with Crippen LogP contribution in [0.25, 0.3) is 11.0 Å². The zero-order valence-electron chi connectivity index (χ0n) is 11.2. The lowest BCUT2D eigenvalue weighted by atomic mass is 9.77. The first-order valence-electron chi connectivity index (χ1n) is 7.03. The van der Waals surface area contributed by atoms with Crippen molar-refractivity contribution in [3.63, 3.8) is 0 Å². The fourth-order valence-corrected chi connectivity index (χ4v) is 3.68. The van der Waals surface area contributed by atoms with Gasteiger partial charge in [-0.25, -0.2) is 9.97 Å². The van der Waals surface area contributed by atoms with Crippen LogP contribution in [-0.2, 0) is 0 Å². The molecule has 0 aliphatic carbocycles. The van der Waals surface area contributed by atoms with Gasteiger partial charge in [-0.3, -0.25) is 0 Å². The Morgan fingerprint density at radius 1 is 1.37 bits per heavy atom. The Labute approximate surface area is 112 Å². The summed E-state index contributed by atoms with van der Waals surface area (Å²) < 4.78 is 0. The van der Waals surface area contributed by atoms with Crippen molar-refractivity contribution < 1.29 is 0 Å². The molecule has 2 atom stereocenters. The zero-order valence-corrected chi connectivity index (χ0v) is 11.2. The molecule has 0 bridgehead atoms. The molecule has 2 aliphatic heterocycles. The Kier molecular flexibility index (Phi) is 2.33. The standard InChI is InChI=1S/C14H19N5/c1-14-3-6-15-8-11(14)19(7-4-14)13-10-2-5-16-12(10)17-9-18-13/h2,5,9,11,15H,3-4,6-8H2,1H3,(H,16,17,18)/t11-,14-/m1/s1. The Morgan fingerprint density at radius 2 is 2.32 bits per heavy atom. The van der Waals surface area contributed by atoms with Gasteiger partial charge < -0.3 is 15.2 Å². The highest BCUT2D eigenvalue weighted by atomic mass is 15.3. The van der Waals surface area contributed by atoms with Gasteiger partial charge in [0.2, 0.25) is 0 Å². The van der Waals surface area contributed by atoms with Gasteiger partial charge in [0.15, 0.2) is 0 Å². The molecular weight excluding hydrogens is 238 g/mol. The first-order valence-corrected chi connectivity index (χ1v) is 7.03. The van der Waals surface area contributed by atoms with E-state index in [4.69, 9.17) is 0 Å². The molecule has 19 heavy (non-hydrogen) atoms. The lowest BCUT2D eigenvalue weighted by Crippen LogP contribution is -2.51. The van der Waals surface area contributed by atoms with Crippen molar-refractivity contribution in [1.29, 1.82) is 0 Å². The van der Waals surface area contributed by atoms with E-state index in [-0.39, 0.29) is 0 Å². The third-order valence-electron chi connectivity index (χ3n) is 4.92. The number of nitrogens with zero attached hydrogens (tertiary/aromatic N) is 3. The van der Waals surface area contributed by atoms with Crippen molar-refractivity contribution in [2.45, 2.75) is 25.8 Å². The number of H-pyrrole nitrogens is 1. The maximum Gasteiger partial charge on any atom is 0.142 e. The molecule has 0 aromatic carbocycles. The molecule has 0 radical (unpaired) electrons. The number of fused-ring (bicyclic) bond motifs is 2. The van der Waals surface area contributed by atoms with Crippen molar-refractivity contribution in [2.24, 2.45) is 5.41 Å². The SMILES string of the molecule is C[C@]12CCNC[C@H]1N(c1ncnc3[nH]ccc13)CC2. The maximum absolute atomic E-state index is 4.55. The molecule has 2 aromatic heterocycles. The first kappa shape index (κ1) is 11.2. The highest BCUT2D eigenvalue weighted by Gasteiger charge is 2.45. The average molecular weight is 257 g/mol. The molecule has 100 valence electrons. The van der Waals surface area contributed by atoms with E-state index in [1.165, 1.54) is 12.8 Å². The van der Waals surface area contributed by atoms with E-state index in [2.05, 4.69) is 38.2 Å². The summed E-state index contributed by atoms with van der Waals surface area (Å²) in [6.45, 7) is 5.73. The number of anilines is 1. The molecule has 2 aliphatic rings. The minimum Gasteiger partial charge on any atom is -0.351 e. The smallest absolute Gasteiger partial charge is 0.142 e. The largest absolute Gasteiger partial charge is 0.351 e. The molecular formula is C14H19N5. The van der Waals surface area contributed by atoms with Crippen LogP contribution in [0, 0.1) is 5.41 Å². The Hall–Kier alpha value is -1.62. The van der Waals surface area contributed by atoms with Crippen LogP contribution in [-0.4, -0.2) is 40.6 Å². The van der Waals surface area contributed by atoms with Crippen LogP contribution in [0.2, 0.25) is 0 Å². The monoisotopic (exact) mass is 257 g/mol. The lowest BCUT2D eigenvalue weighted by Gasteiger charge is -2.40. The molecule has 2 aromatic rings. The van der Waals surface area contributed by atoms with Crippen LogP contribution >= 0.6 is 0 Å². The van der Waals surface area contributed by atoms with Gasteiger partial charge in [-0.2, -0.15) is 0 Å². The summed E-state index contributed by atoms with van der Waals surface area (Å²) in [5, 5.41) is 4.67. The summed E-state index contributed by atoms with van der Waals surface area (Å²) in [6.07, 6.45) is 6.13. The molecule has 0 unspecified atom stereocenters. The number of piperidine rings is 1. The quantitative estimate of drug-likeness (QED) is 0.813. The normalized spacial score (nSPS) is 30.8. The molecule has 4 heterocycles. The maximum atomic E-state index is 4.55. The molecule has 4 rings (SSSR count). The lowest BCUT2D eigenvalue weighted by molar-refractivity contribution is 0.222. The third kappa shape index (κ3) is 1.57. The van der Waals surface area contributed by atoms with Crippen molar-refractivity contribution >= 4 is 16.9 Å². The van der Waals surface area contributed by atoms with E-state index >= 15 is 0 Å². The number of nitrogens with one attached hydrogen (secondary N) is 2. The number of hydrogen-bond donors (Lipinski definition) is 2. The van der Waals surface area contributed by atoms with E-state index < -0.39 is 0 Å². The minimum atomic E-state index is 0.429. The summed E-state index contributed by atoms with van der Waals surface area (Å²) in [6, 6.07) is 2.63. The number of rotatable bonds is 1. The molecule has 2 saturated heterocycles. The molecule has 2 N–H and O–H groups in total. The van der Waals surface area contributed by atoms with E-state index in [0.717, 1.165) is 36.5 Å². The van der Waals surface area contributed by atoms with Gasteiger partial charge in [0.1, 0.15) is 17.8 Å². The summed E-state index contributed by atoms with van der Waals surface area (Å²) in [5.41, 5.74) is 1.36. The predicted molar refractivity (Wildman–Crippen MR) is 75.2 cm³/mol. The number of hydrogen-bond acceptors (Lipinski definition) is 4. The first-order chi connectivity index (χ1) is 9.28. The van der Waals surface area contributed by atoms with Gasteiger partial charge in [0.05, 0.1) is 5.39 Å². The van der Waals surface area contributed by atoms with Gasteiger partial charge in [-0.05, 0) is 30.9 Å². The van der Waals surface area contributed by atoms with Gasteiger partial charge >= 0.3 is 0 Å². The molecule has 2 fully saturated rings. The zero-order chi connectivity index (χ0) is 12.9. The molecule has 5 nitrogen and oxygen atoms in total. The molecule has 0 amide bonds. The van der Waals surface area contributed by atoms with Crippen LogP contribution in [0.5, 0.6) is 0 Å². The second-order valence-corrected chi connectivity index (χ2v) is 6.00. The summed E-state index contributed by atoms with van der Waals surface area (Å²) >= 11 is 0. The Balaban J connectivity index is 1.78. The second kappa shape index (κ2) is 3.93. The van der Waals surface area contributed by atoms with Gasteiger partial charge in [-0.1, -0.05) is 6.92 Å². The highest BCUT2D eigenvalue weighted by molar-refractivity contribution is 5.87. The topological polar surface area (TPSA) is 56.8 Å².